The van der Waals surface area contributed by atoms with Gasteiger partial charge in [-0.15, -0.1) is 0 Å². The molecule has 2 aromatic carbocycles. The Hall–Kier alpha value is -3.07. The minimum Gasteiger partial charge on any atom is -0.340 e. The maximum absolute atomic E-state index is 12.9. The summed E-state index contributed by atoms with van der Waals surface area (Å²) in [6.07, 6.45) is -4.33. The molecule has 1 saturated heterocycles. The van der Waals surface area contributed by atoms with Crippen LogP contribution in [0.1, 0.15) is 31.4 Å². The molecule has 0 aromatic heterocycles. The van der Waals surface area contributed by atoms with E-state index < -0.39 is 17.8 Å². The molecule has 0 bridgehead atoms. The van der Waals surface area contributed by atoms with Crippen molar-refractivity contribution in [2.75, 3.05) is 38.0 Å². The smallest absolute Gasteiger partial charge is 0.340 e. The lowest BCUT2D eigenvalue weighted by Gasteiger charge is -2.35. The summed E-state index contributed by atoms with van der Waals surface area (Å²) < 4.78 is 38.8. The van der Waals surface area contributed by atoms with E-state index in [1.807, 2.05) is 23.1 Å². The third kappa shape index (κ3) is 7.21. The van der Waals surface area contributed by atoms with Gasteiger partial charge in [0.05, 0.1) is 5.56 Å². The van der Waals surface area contributed by atoms with E-state index in [9.17, 15) is 22.8 Å². The molecule has 2 aromatic rings. The van der Waals surface area contributed by atoms with Gasteiger partial charge in [-0.2, -0.15) is 13.2 Å². The molecule has 34 heavy (non-hydrogen) atoms. The second-order valence-electron chi connectivity index (χ2n) is 8.69. The maximum Gasteiger partial charge on any atom is 0.416 e. The molecule has 1 fully saturated rings. The molecule has 1 aliphatic rings. The summed E-state index contributed by atoms with van der Waals surface area (Å²) in [4.78, 5) is 31.1. The number of benzene rings is 2. The molecule has 1 heterocycles. The molecule has 184 valence electrons. The zero-order chi connectivity index (χ0) is 24.7. The summed E-state index contributed by atoms with van der Waals surface area (Å²) in [5, 5.41) is 2.52. The molecule has 9 heteroatoms. The number of nitrogens with one attached hydrogen (secondary N) is 1. The number of piperazine rings is 1. The summed E-state index contributed by atoms with van der Waals surface area (Å²) in [7, 11) is 0. The summed E-state index contributed by atoms with van der Waals surface area (Å²) in [5.41, 5.74) is 0.468. The third-order valence-corrected chi connectivity index (χ3v) is 5.87. The van der Waals surface area contributed by atoms with Crippen LogP contribution in [0.15, 0.2) is 54.6 Å². The van der Waals surface area contributed by atoms with Gasteiger partial charge in [-0.3, -0.25) is 9.69 Å². The van der Waals surface area contributed by atoms with Crippen molar-refractivity contribution in [1.82, 2.24) is 14.7 Å². The Bertz CT molecular complexity index is 958. The molecule has 0 atom stereocenters. The molecular weight excluding hydrogens is 445 g/mol. The van der Waals surface area contributed by atoms with Gasteiger partial charge in [0.2, 0.25) is 5.91 Å². The van der Waals surface area contributed by atoms with Crippen LogP contribution in [0.3, 0.4) is 0 Å². The Morgan fingerprint density at radius 1 is 1.00 bits per heavy atom. The van der Waals surface area contributed by atoms with Crippen molar-refractivity contribution < 1.29 is 22.8 Å². The van der Waals surface area contributed by atoms with E-state index in [2.05, 4.69) is 22.3 Å². The fourth-order valence-corrected chi connectivity index (χ4v) is 3.93. The second-order valence-corrected chi connectivity index (χ2v) is 8.69. The Labute approximate surface area is 198 Å². The predicted molar refractivity (Wildman–Crippen MR) is 125 cm³/mol. The molecule has 0 aliphatic carbocycles. The molecule has 0 saturated carbocycles. The normalized spacial score (nSPS) is 14.8. The van der Waals surface area contributed by atoms with Crippen LogP contribution in [-0.2, 0) is 17.5 Å². The zero-order valence-electron chi connectivity index (χ0n) is 19.5. The Balaban J connectivity index is 1.49. The van der Waals surface area contributed by atoms with Gasteiger partial charge >= 0.3 is 12.2 Å². The van der Waals surface area contributed by atoms with Crippen LogP contribution in [0.5, 0.6) is 0 Å². The minimum atomic E-state index is -4.49. The molecule has 6 nitrogen and oxygen atoms in total. The summed E-state index contributed by atoms with van der Waals surface area (Å²) in [6, 6.07) is 13.9. The fourth-order valence-electron chi connectivity index (χ4n) is 3.93. The highest BCUT2D eigenvalue weighted by molar-refractivity contribution is 5.90. The van der Waals surface area contributed by atoms with Crippen molar-refractivity contribution in [1.29, 1.82) is 0 Å². The van der Waals surface area contributed by atoms with Crippen LogP contribution in [0, 0.1) is 0 Å². The van der Waals surface area contributed by atoms with Crippen LogP contribution >= 0.6 is 0 Å². The Morgan fingerprint density at radius 3 is 2.29 bits per heavy atom. The SMILES string of the molecule is CC(C)N(CCC(=O)N1CCN(Cc2ccccc2)CC1)C(=O)Nc1cccc(C(F)(F)F)c1. The van der Waals surface area contributed by atoms with Gasteiger partial charge in [0.15, 0.2) is 0 Å². The van der Waals surface area contributed by atoms with Gasteiger partial charge in [0.25, 0.3) is 0 Å². The fraction of sp³-hybridized carbons (Fsp3) is 0.440. The molecule has 3 amide bonds. The first-order chi connectivity index (χ1) is 16.1. The van der Waals surface area contributed by atoms with Crippen molar-refractivity contribution in [3.05, 3.63) is 65.7 Å². The molecule has 1 aliphatic heterocycles. The van der Waals surface area contributed by atoms with E-state index in [0.29, 0.717) is 13.1 Å². The Morgan fingerprint density at radius 2 is 1.68 bits per heavy atom. The number of urea groups is 1. The number of amides is 3. The molecular formula is C25H31F3N4O2. The standard InChI is InChI=1S/C25H31F3N4O2/c1-19(2)32(24(34)29-22-10-6-9-21(17-22)25(26,27)28)12-11-23(33)31-15-13-30(14-16-31)18-20-7-4-3-5-8-20/h3-10,17,19H,11-16,18H2,1-2H3,(H,29,34). The lowest BCUT2D eigenvalue weighted by atomic mass is 10.2. The van der Waals surface area contributed by atoms with Crippen LogP contribution < -0.4 is 5.32 Å². The monoisotopic (exact) mass is 476 g/mol. The number of hydrogen-bond acceptors (Lipinski definition) is 3. The molecule has 0 radical (unpaired) electrons. The van der Waals surface area contributed by atoms with E-state index in [-0.39, 0.29) is 30.6 Å². The number of nitrogens with zero attached hydrogens (tertiary/aromatic N) is 3. The third-order valence-electron chi connectivity index (χ3n) is 5.87. The zero-order valence-corrected chi connectivity index (χ0v) is 19.5. The topological polar surface area (TPSA) is 55.9 Å². The number of carbonyl (C=O) groups excluding carboxylic acids is 2. The average molecular weight is 477 g/mol. The first-order valence-electron chi connectivity index (χ1n) is 11.4. The van der Waals surface area contributed by atoms with Gasteiger partial charge in [-0.25, -0.2) is 4.79 Å². The predicted octanol–water partition coefficient (Wildman–Crippen LogP) is 4.68. The highest BCUT2D eigenvalue weighted by atomic mass is 19.4. The minimum absolute atomic E-state index is 0.0307. The quantitative estimate of drug-likeness (QED) is 0.631. The lowest BCUT2D eigenvalue weighted by molar-refractivity contribution is -0.137. The molecule has 0 spiro atoms. The van der Waals surface area contributed by atoms with E-state index in [4.69, 9.17) is 0 Å². The van der Waals surface area contributed by atoms with Gasteiger partial charge in [0.1, 0.15) is 0 Å². The van der Waals surface area contributed by atoms with Crippen LogP contribution in [0.25, 0.3) is 0 Å². The molecule has 1 N–H and O–H groups in total. The van der Waals surface area contributed by atoms with E-state index in [1.54, 1.807) is 13.8 Å². The first kappa shape index (κ1) is 25.6. The van der Waals surface area contributed by atoms with Crippen molar-refractivity contribution in [3.63, 3.8) is 0 Å². The molecule has 3 rings (SSSR count). The van der Waals surface area contributed by atoms with E-state index in [1.165, 1.54) is 22.6 Å². The van der Waals surface area contributed by atoms with Crippen LogP contribution in [0.4, 0.5) is 23.7 Å². The van der Waals surface area contributed by atoms with Crippen molar-refractivity contribution in [3.8, 4) is 0 Å². The average Bonchev–Trinajstić information content (AvgIpc) is 2.79. The number of halogens is 3. The van der Waals surface area contributed by atoms with Gasteiger partial charge in [-0.1, -0.05) is 36.4 Å². The Kier molecular flexibility index (Phi) is 8.55. The number of anilines is 1. The van der Waals surface area contributed by atoms with E-state index >= 15 is 0 Å². The van der Waals surface area contributed by atoms with E-state index in [0.717, 1.165) is 31.8 Å². The highest BCUT2D eigenvalue weighted by Crippen LogP contribution is 2.30. The number of hydrogen-bond donors (Lipinski definition) is 1. The highest BCUT2D eigenvalue weighted by Gasteiger charge is 2.31. The summed E-state index contributed by atoms with van der Waals surface area (Å²) in [6.45, 7) is 7.46. The largest absolute Gasteiger partial charge is 0.416 e. The van der Waals surface area contributed by atoms with Crippen molar-refractivity contribution in [2.24, 2.45) is 0 Å². The lowest BCUT2D eigenvalue weighted by Crippen LogP contribution is -2.49. The summed E-state index contributed by atoms with van der Waals surface area (Å²) in [5.74, 6) is -0.0307. The summed E-state index contributed by atoms with van der Waals surface area (Å²) >= 11 is 0. The second kappa shape index (κ2) is 11.4. The van der Waals surface area contributed by atoms with Gasteiger partial charge in [0, 0.05) is 57.4 Å². The van der Waals surface area contributed by atoms with Gasteiger partial charge in [-0.05, 0) is 37.6 Å². The first-order valence-corrected chi connectivity index (χ1v) is 11.4. The molecule has 0 unspecified atom stereocenters. The van der Waals surface area contributed by atoms with Crippen molar-refractivity contribution in [2.45, 2.75) is 39.0 Å². The maximum atomic E-state index is 12.9. The number of rotatable bonds is 7. The van der Waals surface area contributed by atoms with Crippen LogP contribution in [-0.4, -0.2) is 65.4 Å². The number of carbonyl (C=O) groups is 2. The van der Waals surface area contributed by atoms with Crippen molar-refractivity contribution >= 4 is 17.6 Å². The van der Waals surface area contributed by atoms with Crippen LogP contribution in [0.2, 0.25) is 0 Å². The van der Waals surface area contributed by atoms with Gasteiger partial charge < -0.3 is 15.1 Å². The number of alkyl halides is 3.